The highest BCUT2D eigenvalue weighted by Crippen LogP contribution is 2.28. The minimum Gasteiger partial charge on any atom is -0.484 e. The van der Waals surface area contributed by atoms with Crippen LogP contribution in [-0.2, 0) is 9.59 Å². The fourth-order valence-electron chi connectivity index (χ4n) is 3.40. The summed E-state index contributed by atoms with van der Waals surface area (Å²) in [5.41, 5.74) is 0.926. The molecule has 3 amide bonds. The van der Waals surface area contributed by atoms with Crippen LogP contribution in [-0.4, -0.2) is 59.8 Å². The Morgan fingerprint density at radius 3 is 2.71 bits per heavy atom. The van der Waals surface area contributed by atoms with Gasteiger partial charge in [0.05, 0.1) is 17.8 Å². The van der Waals surface area contributed by atoms with Gasteiger partial charge >= 0.3 is 0 Å². The molecule has 8 heteroatoms. The Labute approximate surface area is 170 Å². The molecule has 2 aromatic rings. The van der Waals surface area contributed by atoms with E-state index in [1.54, 1.807) is 35.2 Å². The number of anilines is 1. The molecule has 0 saturated carbocycles. The number of para-hydroxylation sites is 1. The van der Waals surface area contributed by atoms with Gasteiger partial charge in [0.25, 0.3) is 11.8 Å². The molecule has 144 valence electrons. The number of piperazine rings is 1. The van der Waals surface area contributed by atoms with Crippen LogP contribution in [0.25, 0.3) is 0 Å². The number of carbonyl (C=O) groups excluding carboxylic acids is 3. The van der Waals surface area contributed by atoms with Crippen LogP contribution in [0.1, 0.15) is 10.4 Å². The normalized spacial score (nSPS) is 18.7. The maximum Gasteiger partial charge on any atom is 0.260 e. The van der Waals surface area contributed by atoms with E-state index in [0.29, 0.717) is 30.1 Å². The lowest BCUT2D eigenvalue weighted by molar-refractivity contribution is -0.137. The van der Waals surface area contributed by atoms with Gasteiger partial charge in [-0.15, -0.1) is 0 Å². The average molecular weight is 444 g/mol. The predicted octanol–water partition coefficient (Wildman–Crippen LogP) is 2.13. The molecule has 28 heavy (non-hydrogen) atoms. The van der Waals surface area contributed by atoms with Crippen molar-refractivity contribution in [2.24, 2.45) is 0 Å². The maximum absolute atomic E-state index is 12.9. The Balaban J connectivity index is 1.47. The molecule has 7 nitrogen and oxygen atoms in total. The predicted molar refractivity (Wildman–Crippen MR) is 106 cm³/mol. The maximum atomic E-state index is 12.9. The van der Waals surface area contributed by atoms with Crippen molar-refractivity contribution in [1.82, 2.24) is 9.80 Å². The Kier molecular flexibility index (Phi) is 5.04. The molecule has 1 unspecified atom stereocenters. The first kappa shape index (κ1) is 18.5. The summed E-state index contributed by atoms with van der Waals surface area (Å²) in [5.74, 6) is -0.116. The summed E-state index contributed by atoms with van der Waals surface area (Å²) in [5, 5.41) is 2.81. The molecular formula is C20H18BrN3O4. The standard InChI is InChI=1S/C20H18BrN3O4/c21-13-6-7-16-15(10-13)20(27)24-9-8-23(11-17(24)19(26)22-16)18(25)12-28-14-4-2-1-3-5-14/h1-7,10,17H,8-9,11-12H2,(H,22,26). The molecular weight excluding hydrogens is 426 g/mol. The number of amides is 3. The highest BCUT2D eigenvalue weighted by atomic mass is 79.9. The van der Waals surface area contributed by atoms with Gasteiger partial charge in [-0.2, -0.15) is 0 Å². The van der Waals surface area contributed by atoms with Crippen molar-refractivity contribution in [2.75, 3.05) is 31.6 Å². The number of halogens is 1. The second-order valence-electron chi connectivity index (χ2n) is 6.63. The van der Waals surface area contributed by atoms with Crippen LogP contribution in [0.2, 0.25) is 0 Å². The van der Waals surface area contributed by atoms with Gasteiger partial charge in [-0.25, -0.2) is 0 Å². The van der Waals surface area contributed by atoms with Crippen molar-refractivity contribution >= 4 is 39.3 Å². The Bertz CT molecular complexity index is 934. The third-order valence-corrected chi connectivity index (χ3v) is 5.37. The lowest BCUT2D eigenvalue weighted by atomic mass is 10.1. The molecule has 2 aromatic carbocycles. The Morgan fingerprint density at radius 1 is 1.14 bits per heavy atom. The van der Waals surface area contributed by atoms with E-state index in [-0.39, 0.29) is 30.9 Å². The van der Waals surface area contributed by atoms with Crippen LogP contribution >= 0.6 is 15.9 Å². The zero-order valence-electron chi connectivity index (χ0n) is 14.9. The minimum atomic E-state index is -0.729. The molecule has 1 atom stereocenters. The van der Waals surface area contributed by atoms with Crippen LogP contribution < -0.4 is 10.1 Å². The van der Waals surface area contributed by atoms with Crippen LogP contribution in [0.15, 0.2) is 53.0 Å². The second-order valence-corrected chi connectivity index (χ2v) is 7.55. The van der Waals surface area contributed by atoms with Crippen LogP contribution in [0, 0.1) is 0 Å². The number of hydrogen-bond acceptors (Lipinski definition) is 4. The molecule has 0 bridgehead atoms. The lowest BCUT2D eigenvalue weighted by Crippen LogP contribution is -2.60. The summed E-state index contributed by atoms with van der Waals surface area (Å²) in [4.78, 5) is 41.3. The van der Waals surface area contributed by atoms with Crippen LogP contribution in [0.5, 0.6) is 5.75 Å². The van der Waals surface area contributed by atoms with Gasteiger partial charge in [0, 0.05) is 17.6 Å². The van der Waals surface area contributed by atoms with Crippen molar-refractivity contribution in [2.45, 2.75) is 6.04 Å². The van der Waals surface area contributed by atoms with Gasteiger partial charge in [-0.1, -0.05) is 34.1 Å². The first-order valence-electron chi connectivity index (χ1n) is 8.90. The zero-order valence-corrected chi connectivity index (χ0v) is 16.5. The van der Waals surface area contributed by atoms with Gasteiger partial charge in [0.2, 0.25) is 5.91 Å². The first-order chi connectivity index (χ1) is 13.5. The summed E-state index contributed by atoms with van der Waals surface area (Å²) in [6.45, 7) is 0.680. The monoisotopic (exact) mass is 443 g/mol. The van der Waals surface area contributed by atoms with Gasteiger partial charge in [0.15, 0.2) is 6.61 Å². The molecule has 1 saturated heterocycles. The quantitative estimate of drug-likeness (QED) is 0.787. The first-order valence-corrected chi connectivity index (χ1v) is 9.69. The van der Waals surface area contributed by atoms with E-state index in [9.17, 15) is 14.4 Å². The zero-order chi connectivity index (χ0) is 19.7. The lowest BCUT2D eigenvalue weighted by Gasteiger charge is -2.39. The number of carbonyl (C=O) groups is 3. The SMILES string of the molecule is O=C1Nc2ccc(Br)cc2C(=O)N2CCN(C(=O)COc3ccccc3)CC12. The van der Waals surface area contributed by atoms with Crippen molar-refractivity contribution < 1.29 is 19.1 Å². The topological polar surface area (TPSA) is 79.0 Å². The summed E-state index contributed by atoms with van der Waals surface area (Å²) in [6.07, 6.45) is 0. The number of fused-ring (bicyclic) bond motifs is 2. The summed E-state index contributed by atoms with van der Waals surface area (Å²) < 4.78 is 6.28. The molecule has 4 rings (SSSR count). The molecule has 1 N–H and O–H groups in total. The molecule has 2 aliphatic heterocycles. The van der Waals surface area contributed by atoms with E-state index in [1.807, 2.05) is 18.2 Å². The van der Waals surface area contributed by atoms with Gasteiger partial charge in [0.1, 0.15) is 11.8 Å². The fraction of sp³-hybridized carbons (Fsp3) is 0.250. The molecule has 1 fully saturated rings. The number of benzene rings is 2. The minimum absolute atomic E-state index is 0.112. The largest absolute Gasteiger partial charge is 0.484 e. The second kappa shape index (κ2) is 7.63. The van der Waals surface area contributed by atoms with E-state index in [1.165, 1.54) is 4.90 Å². The molecule has 0 aliphatic carbocycles. The fourth-order valence-corrected chi connectivity index (χ4v) is 3.76. The number of ether oxygens (including phenoxy) is 1. The summed E-state index contributed by atoms with van der Waals surface area (Å²) in [6, 6.07) is 13.5. The smallest absolute Gasteiger partial charge is 0.260 e. The van der Waals surface area contributed by atoms with E-state index in [0.717, 1.165) is 4.47 Å². The number of hydrogen-bond donors (Lipinski definition) is 1. The van der Waals surface area contributed by atoms with E-state index in [2.05, 4.69) is 21.2 Å². The molecule has 2 aliphatic rings. The van der Waals surface area contributed by atoms with Gasteiger partial charge < -0.3 is 19.9 Å². The van der Waals surface area contributed by atoms with Gasteiger partial charge in [-0.05, 0) is 30.3 Å². The third-order valence-electron chi connectivity index (χ3n) is 4.87. The van der Waals surface area contributed by atoms with Crippen molar-refractivity contribution in [3.63, 3.8) is 0 Å². The van der Waals surface area contributed by atoms with Crippen molar-refractivity contribution in [1.29, 1.82) is 0 Å². The molecule has 2 heterocycles. The summed E-state index contributed by atoms with van der Waals surface area (Å²) in [7, 11) is 0. The molecule has 0 aromatic heterocycles. The highest BCUT2D eigenvalue weighted by molar-refractivity contribution is 9.10. The van der Waals surface area contributed by atoms with Crippen molar-refractivity contribution in [3.8, 4) is 5.75 Å². The van der Waals surface area contributed by atoms with Crippen LogP contribution in [0.3, 0.4) is 0 Å². The average Bonchev–Trinajstić information content (AvgIpc) is 2.82. The number of nitrogens with one attached hydrogen (secondary N) is 1. The highest BCUT2D eigenvalue weighted by Gasteiger charge is 2.40. The van der Waals surface area contributed by atoms with E-state index in [4.69, 9.17) is 4.74 Å². The van der Waals surface area contributed by atoms with Crippen molar-refractivity contribution in [3.05, 3.63) is 58.6 Å². The Hall–Kier alpha value is -2.87. The number of nitrogens with zero attached hydrogens (tertiary/aromatic N) is 2. The third kappa shape index (κ3) is 3.60. The molecule has 0 radical (unpaired) electrons. The molecule has 0 spiro atoms. The van der Waals surface area contributed by atoms with Crippen LogP contribution in [0.4, 0.5) is 5.69 Å². The Morgan fingerprint density at radius 2 is 1.93 bits per heavy atom. The number of rotatable bonds is 3. The summed E-state index contributed by atoms with van der Waals surface area (Å²) >= 11 is 3.36. The van der Waals surface area contributed by atoms with E-state index >= 15 is 0 Å². The van der Waals surface area contributed by atoms with E-state index < -0.39 is 6.04 Å². The van der Waals surface area contributed by atoms with Gasteiger partial charge in [-0.3, -0.25) is 14.4 Å².